The van der Waals surface area contributed by atoms with E-state index in [0.717, 1.165) is 6.07 Å². The lowest BCUT2D eigenvalue weighted by Crippen LogP contribution is -2.47. The maximum atomic E-state index is 13.6. The molecular weight excluding hydrogens is 292 g/mol. The molecule has 22 heavy (non-hydrogen) atoms. The van der Waals surface area contributed by atoms with Gasteiger partial charge in [0.15, 0.2) is 11.6 Å². The van der Waals surface area contributed by atoms with Crippen molar-refractivity contribution in [2.45, 2.75) is 38.6 Å². The van der Waals surface area contributed by atoms with Gasteiger partial charge in [0.2, 0.25) is 5.91 Å². The number of rotatable bonds is 4. The van der Waals surface area contributed by atoms with Crippen LogP contribution in [0.15, 0.2) is 18.2 Å². The summed E-state index contributed by atoms with van der Waals surface area (Å²) in [7, 11) is 0. The minimum absolute atomic E-state index is 0.0274. The van der Waals surface area contributed by atoms with Gasteiger partial charge in [0.25, 0.3) is 0 Å². The molecule has 2 rings (SSSR count). The molecule has 0 bridgehead atoms. The Bertz CT molecular complexity index is 577. The molecule has 1 aromatic carbocycles. The molecule has 0 radical (unpaired) electrons. The zero-order valence-electron chi connectivity index (χ0n) is 12.4. The highest BCUT2D eigenvalue weighted by Crippen LogP contribution is 2.23. The highest BCUT2D eigenvalue weighted by Gasteiger charge is 2.32. The third-order valence-corrected chi connectivity index (χ3v) is 4.19. The third kappa shape index (κ3) is 3.61. The maximum Gasteiger partial charge on any atom is 0.308 e. The van der Waals surface area contributed by atoms with E-state index in [4.69, 9.17) is 5.11 Å². The molecule has 2 unspecified atom stereocenters. The van der Waals surface area contributed by atoms with Crippen LogP contribution in [0.4, 0.5) is 8.78 Å². The first-order valence-electron chi connectivity index (χ1n) is 7.35. The van der Waals surface area contributed by atoms with Crippen LogP contribution in [-0.4, -0.2) is 34.5 Å². The number of piperidine rings is 1. The monoisotopic (exact) mass is 311 g/mol. The predicted octanol–water partition coefficient (Wildman–Crippen LogP) is 2.61. The predicted molar refractivity (Wildman–Crippen MR) is 76.2 cm³/mol. The summed E-state index contributed by atoms with van der Waals surface area (Å²) in [6, 6.07) is 3.86. The number of carbonyl (C=O) groups excluding carboxylic acids is 1. The molecule has 0 aliphatic carbocycles. The summed E-state index contributed by atoms with van der Waals surface area (Å²) in [4.78, 5) is 24.9. The van der Waals surface area contributed by atoms with Crippen molar-refractivity contribution in [1.82, 2.24) is 4.90 Å². The first kappa shape index (κ1) is 16.4. The van der Waals surface area contributed by atoms with Gasteiger partial charge >= 0.3 is 5.97 Å². The number of hydrogen-bond donors (Lipinski definition) is 1. The first-order chi connectivity index (χ1) is 10.4. The molecule has 2 atom stereocenters. The first-order valence-corrected chi connectivity index (χ1v) is 7.35. The summed E-state index contributed by atoms with van der Waals surface area (Å²) >= 11 is 0. The van der Waals surface area contributed by atoms with E-state index in [-0.39, 0.29) is 36.9 Å². The van der Waals surface area contributed by atoms with Gasteiger partial charge in [-0.25, -0.2) is 8.78 Å². The molecule has 1 aliphatic heterocycles. The average Bonchev–Trinajstić information content (AvgIpc) is 2.48. The SMILES string of the molecule is CC1CCC(C(=O)O)CN1C(=O)CCc1cccc(F)c1F. The van der Waals surface area contributed by atoms with Gasteiger partial charge in [0.1, 0.15) is 0 Å². The molecule has 0 spiro atoms. The quantitative estimate of drug-likeness (QED) is 0.930. The lowest BCUT2D eigenvalue weighted by atomic mass is 9.93. The number of carbonyl (C=O) groups is 2. The average molecular weight is 311 g/mol. The van der Waals surface area contributed by atoms with Gasteiger partial charge in [-0.2, -0.15) is 0 Å². The molecule has 4 nitrogen and oxygen atoms in total. The number of aryl methyl sites for hydroxylation is 1. The minimum Gasteiger partial charge on any atom is -0.481 e. The summed E-state index contributed by atoms with van der Waals surface area (Å²) in [5, 5.41) is 9.07. The molecule has 1 N–H and O–H groups in total. The van der Waals surface area contributed by atoms with E-state index in [1.54, 1.807) is 4.90 Å². The van der Waals surface area contributed by atoms with Crippen LogP contribution in [0.3, 0.4) is 0 Å². The molecule has 120 valence electrons. The van der Waals surface area contributed by atoms with Gasteiger partial charge in [-0.15, -0.1) is 0 Å². The molecule has 0 aromatic heterocycles. The summed E-state index contributed by atoms with van der Waals surface area (Å²) in [5.74, 6) is -3.53. The van der Waals surface area contributed by atoms with E-state index >= 15 is 0 Å². The van der Waals surface area contributed by atoms with Crippen molar-refractivity contribution < 1.29 is 23.5 Å². The highest BCUT2D eigenvalue weighted by molar-refractivity contribution is 5.78. The Labute approximate surface area is 127 Å². The van der Waals surface area contributed by atoms with Crippen LogP contribution in [0.2, 0.25) is 0 Å². The van der Waals surface area contributed by atoms with Crippen molar-refractivity contribution in [3.8, 4) is 0 Å². The van der Waals surface area contributed by atoms with Crippen molar-refractivity contribution in [3.63, 3.8) is 0 Å². The lowest BCUT2D eigenvalue weighted by Gasteiger charge is -2.36. The molecule has 1 saturated heterocycles. The number of nitrogens with zero attached hydrogens (tertiary/aromatic N) is 1. The molecule has 1 aromatic rings. The van der Waals surface area contributed by atoms with Crippen molar-refractivity contribution >= 4 is 11.9 Å². The van der Waals surface area contributed by atoms with Crippen LogP contribution < -0.4 is 0 Å². The van der Waals surface area contributed by atoms with Crippen molar-refractivity contribution in [1.29, 1.82) is 0 Å². The summed E-state index contributed by atoms with van der Waals surface area (Å²) in [5.41, 5.74) is 0.160. The van der Waals surface area contributed by atoms with E-state index < -0.39 is 23.5 Å². The fourth-order valence-corrected chi connectivity index (χ4v) is 2.78. The van der Waals surface area contributed by atoms with Crippen LogP contribution in [0.25, 0.3) is 0 Å². The van der Waals surface area contributed by atoms with Crippen molar-refractivity contribution in [2.24, 2.45) is 5.92 Å². The van der Waals surface area contributed by atoms with Crippen LogP contribution in [0.1, 0.15) is 31.7 Å². The second kappa shape index (κ2) is 6.85. The number of hydrogen-bond acceptors (Lipinski definition) is 2. The Balaban J connectivity index is 1.99. The number of amides is 1. The number of likely N-dealkylation sites (tertiary alicyclic amines) is 1. The summed E-state index contributed by atoms with van der Waals surface area (Å²) in [6.45, 7) is 2.06. The van der Waals surface area contributed by atoms with Crippen LogP contribution in [0.5, 0.6) is 0 Å². The fraction of sp³-hybridized carbons (Fsp3) is 0.500. The topological polar surface area (TPSA) is 57.6 Å². The number of carboxylic acids is 1. The van der Waals surface area contributed by atoms with Crippen LogP contribution in [-0.2, 0) is 16.0 Å². The normalized spacial score (nSPS) is 21.7. The molecule has 0 saturated carbocycles. The zero-order valence-corrected chi connectivity index (χ0v) is 12.4. The van der Waals surface area contributed by atoms with Crippen LogP contribution >= 0.6 is 0 Å². The smallest absolute Gasteiger partial charge is 0.308 e. The molecule has 1 aliphatic rings. The number of halogens is 2. The Kier molecular flexibility index (Phi) is 5.11. The summed E-state index contributed by atoms with van der Waals surface area (Å²) in [6.07, 6.45) is 1.33. The Morgan fingerprint density at radius 3 is 2.73 bits per heavy atom. The molecule has 1 fully saturated rings. The fourth-order valence-electron chi connectivity index (χ4n) is 2.78. The molecule has 1 heterocycles. The molecule has 1 amide bonds. The lowest BCUT2D eigenvalue weighted by molar-refractivity contribution is -0.147. The van der Waals surface area contributed by atoms with E-state index in [2.05, 4.69) is 0 Å². The molecule has 6 heteroatoms. The van der Waals surface area contributed by atoms with E-state index in [0.29, 0.717) is 12.8 Å². The van der Waals surface area contributed by atoms with Crippen LogP contribution in [0, 0.1) is 17.6 Å². The maximum absolute atomic E-state index is 13.6. The minimum atomic E-state index is -0.928. The highest BCUT2D eigenvalue weighted by atomic mass is 19.2. The largest absolute Gasteiger partial charge is 0.481 e. The second-order valence-electron chi connectivity index (χ2n) is 5.72. The van der Waals surface area contributed by atoms with Gasteiger partial charge in [-0.1, -0.05) is 12.1 Å². The third-order valence-electron chi connectivity index (χ3n) is 4.19. The second-order valence-corrected chi connectivity index (χ2v) is 5.72. The van der Waals surface area contributed by atoms with E-state index in [1.165, 1.54) is 12.1 Å². The van der Waals surface area contributed by atoms with E-state index in [9.17, 15) is 18.4 Å². The van der Waals surface area contributed by atoms with Gasteiger partial charge in [0, 0.05) is 19.0 Å². The Morgan fingerprint density at radius 2 is 2.05 bits per heavy atom. The van der Waals surface area contributed by atoms with E-state index in [1.807, 2.05) is 6.92 Å². The number of benzene rings is 1. The summed E-state index contributed by atoms with van der Waals surface area (Å²) < 4.78 is 26.7. The number of aliphatic carboxylic acids is 1. The number of carboxylic acid groups (broad SMARTS) is 1. The van der Waals surface area contributed by atoms with Gasteiger partial charge < -0.3 is 10.0 Å². The van der Waals surface area contributed by atoms with Gasteiger partial charge in [-0.05, 0) is 37.8 Å². The standard InChI is InChI=1S/C16H19F2NO3/c1-10-5-6-12(16(21)22)9-19(10)14(20)8-7-11-3-2-4-13(17)15(11)18/h2-4,10,12H,5-9H2,1H3,(H,21,22). The van der Waals surface area contributed by atoms with Crippen molar-refractivity contribution in [2.75, 3.05) is 6.54 Å². The van der Waals surface area contributed by atoms with Gasteiger partial charge in [0.05, 0.1) is 5.92 Å². The van der Waals surface area contributed by atoms with Crippen molar-refractivity contribution in [3.05, 3.63) is 35.4 Å². The molecular formula is C16H19F2NO3. The van der Waals surface area contributed by atoms with Gasteiger partial charge in [-0.3, -0.25) is 9.59 Å². The zero-order chi connectivity index (χ0) is 16.3. The Hall–Kier alpha value is -1.98. The Morgan fingerprint density at radius 1 is 1.32 bits per heavy atom.